The molecule has 6 heteroatoms. The van der Waals surface area contributed by atoms with Crippen LogP contribution in [0.2, 0.25) is 0 Å². The summed E-state index contributed by atoms with van der Waals surface area (Å²) in [6.07, 6.45) is 1.45. The molecule has 1 N–H and O–H groups in total. The second-order valence-electron chi connectivity index (χ2n) is 8.95. The van der Waals surface area contributed by atoms with Gasteiger partial charge in [0.05, 0.1) is 11.0 Å². The van der Waals surface area contributed by atoms with Gasteiger partial charge in [0.15, 0.2) is 0 Å². The van der Waals surface area contributed by atoms with E-state index in [2.05, 4.69) is 5.32 Å². The minimum atomic E-state index is -0.400. The fraction of sp³-hybridized carbons (Fsp3) is 0.400. The van der Waals surface area contributed by atoms with E-state index in [9.17, 15) is 9.59 Å². The number of nitrogens with one attached hydrogen (secondary N) is 1. The van der Waals surface area contributed by atoms with E-state index < -0.39 is 5.41 Å². The van der Waals surface area contributed by atoms with E-state index in [-0.39, 0.29) is 18.4 Å². The summed E-state index contributed by atoms with van der Waals surface area (Å²) < 4.78 is 2.00. The highest BCUT2D eigenvalue weighted by Crippen LogP contribution is 2.18. The molecular formula is C25H32N4O2. The lowest BCUT2D eigenvalue weighted by Gasteiger charge is -2.19. The maximum absolute atomic E-state index is 13.0. The Morgan fingerprint density at radius 3 is 2.42 bits per heavy atom. The highest BCUT2D eigenvalue weighted by molar-refractivity contribution is 5.82. The molecule has 1 heterocycles. The van der Waals surface area contributed by atoms with Gasteiger partial charge in [-0.15, -0.1) is 0 Å². The Bertz CT molecular complexity index is 1030. The van der Waals surface area contributed by atoms with Crippen LogP contribution in [0.25, 0.3) is 11.0 Å². The lowest BCUT2D eigenvalue weighted by Crippen LogP contribution is -2.35. The fourth-order valence-electron chi connectivity index (χ4n) is 3.41. The molecule has 0 unspecified atom stereocenters. The maximum atomic E-state index is 13.0. The lowest BCUT2D eigenvalue weighted by atomic mass is 9.96. The molecule has 2 amide bonds. The Kier molecular flexibility index (Phi) is 7.10. The van der Waals surface area contributed by atoms with Gasteiger partial charge in [-0.1, -0.05) is 63.2 Å². The Morgan fingerprint density at radius 2 is 1.71 bits per heavy atom. The van der Waals surface area contributed by atoms with Crippen LogP contribution in [0.15, 0.2) is 54.6 Å². The Hall–Kier alpha value is -3.15. The summed E-state index contributed by atoms with van der Waals surface area (Å²) in [5.74, 6) is 0.945. The minimum absolute atomic E-state index is 0.0364. The first kappa shape index (κ1) is 22.5. The molecule has 0 bridgehead atoms. The van der Waals surface area contributed by atoms with Crippen LogP contribution < -0.4 is 5.32 Å². The van der Waals surface area contributed by atoms with Crippen molar-refractivity contribution in [2.75, 3.05) is 13.6 Å². The van der Waals surface area contributed by atoms with Crippen molar-refractivity contribution in [2.45, 2.75) is 46.7 Å². The van der Waals surface area contributed by atoms with Crippen molar-refractivity contribution >= 4 is 22.8 Å². The standard InChI is InChI=1S/C25H32N4O2/c1-25(2,3)24(31)26-16-10-15-22-27-20-13-8-9-14-21(20)29(22)18-23(30)28(4)17-19-11-6-5-7-12-19/h5-9,11-14H,10,15-18H2,1-4H3,(H,26,31). The van der Waals surface area contributed by atoms with Crippen LogP contribution in [0.4, 0.5) is 0 Å². The average Bonchev–Trinajstić information content (AvgIpc) is 3.08. The number of rotatable bonds is 8. The molecule has 0 aliphatic carbocycles. The van der Waals surface area contributed by atoms with Crippen molar-refractivity contribution in [2.24, 2.45) is 5.41 Å². The van der Waals surface area contributed by atoms with Crippen molar-refractivity contribution in [3.63, 3.8) is 0 Å². The zero-order valence-corrected chi connectivity index (χ0v) is 18.9. The number of aromatic nitrogens is 2. The number of hydrogen-bond acceptors (Lipinski definition) is 3. The summed E-state index contributed by atoms with van der Waals surface area (Å²) in [4.78, 5) is 31.5. The average molecular weight is 421 g/mol. The van der Waals surface area contributed by atoms with Crippen molar-refractivity contribution in [1.82, 2.24) is 19.8 Å². The second kappa shape index (κ2) is 9.77. The van der Waals surface area contributed by atoms with E-state index in [4.69, 9.17) is 4.98 Å². The molecule has 0 aliphatic rings. The van der Waals surface area contributed by atoms with E-state index in [1.54, 1.807) is 4.90 Å². The van der Waals surface area contributed by atoms with Gasteiger partial charge in [0, 0.05) is 32.0 Å². The smallest absolute Gasteiger partial charge is 0.242 e. The lowest BCUT2D eigenvalue weighted by molar-refractivity contribution is -0.131. The van der Waals surface area contributed by atoms with Gasteiger partial charge in [0.25, 0.3) is 0 Å². The molecule has 6 nitrogen and oxygen atoms in total. The fourth-order valence-corrected chi connectivity index (χ4v) is 3.41. The summed E-state index contributed by atoms with van der Waals surface area (Å²) in [7, 11) is 1.83. The number of fused-ring (bicyclic) bond motifs is 1. The van der Waals surface area contributed by atoms with Gasteiger partial charge >= 0.3 is 0 Å². The molecule has 0 radical (unpaired) electrons. The molecule has 2 aromatic carbocycles. The highest BCUT2D eigenvalue weighted by Gasteiger charge is 2.20. The Labute approximate surface area is 184 Å². The van der Waals surface area contributed by atoms with Gasteiger partial charge in [-0.05, 0) is 24.1 Å². The predicted octanol–water partition coefficient (Wildman–Crippen LogP) is 3.79. The molecule has 1 aromatic heterocycles. The Balaban J connectivity index is 1.69. The van der Waals surface area contributed by atoms with Gasteiger partial charge in [-0.25, -0.2) is 4.98 Å². The van der Waals surface area contributed by atoms with Crippen molar-refractivity contribution in [3.05, 3.63) is 66.0 Å². The molecule has 164 valence electrons. The van der Waals surface area contributed by atoms with Crippen LogP contribution >= 0.6 is 0 Å². The van der Waals surface area contributed by atoms with Gasteiger partial charge in [0.1, 0.15) is 12.4 Å². The molecule has 0 fully saturated rings. The molecule has 3 rings (SSSR count). The second-order valence-corrected chi connectivity index (χ2v) is 8.95. The van der Waals surface area contributed by atoms with Crippen LogP contribution in [0.5, 0.6) is 0 Å². The number of amides is 2. The topological polar surface area (TPSA) is 67.2 Å². The number of nitrogens with zero attached hydrogens (tertiary/aromatic N) is 3. The van der Waals surface area contributed by atoms with E-state index >= 15 is 0 Å². The van der Waals surface area contributed by atoms with Crippen LogP contribution in [0.1, 0.15) is 38.6 Å². The van der Waals surface area contributed by atoms with E-state index in [0.717, 1.165) is 28.8 Å². The largest absolute Gasteiger partial charge is 0.356 e. The summed E-state index contributed by atoms with van der Waals surface area (Å²) in [5.41, 5.74) is 2.54. The first-order valence-corrected chi connectivity index (χ1v) is 10.8. The normalized spacial score (nSPS) is 11.5. The van der Waals surface area contributed by atoms with Crippen molar-refractivity contribution < 1.29 is 9.59 Å². The monoisotopic (exact) mass is 420 g/mol. The molecular weight excluding hydrogens is 388 g/mol. The molecule has 0 spiro atoms. The molecule has 0 aliphatic heterocycles. The van der Waals surface area contributed by atoms with Gasteiger partial charge in [-0.3, -0.25) is 9.59 Å². The van der Waals surface area contributed by atoms with Gasteiger partial charge < -0.3 is 14.8 Å². The summed E-state index contributed by atoms with van der Waals surface area (Å²) >= 11 is 0. The van der Waals surface area contributed by atoms with Gasteiger partial charge in [0.2, 0.25) is 11.8 Å². The predicted molar refractivity (Wildman–Crippen MR) is 123 cm³/mol. The third kappa shape index (κ3) is 5.94. The molecule has 0 saturated carbocycles. The van der Waals surface area contributed by atoms with E-state index in [1.165, 1.54) is 0 Å². The number of carbonyl (C=O) groups excluding carboxylic acids is 2. The minimum Gasteiger partial charge on any atom is -0.356 e. The molecule has 31 heavy (non-hydrogen) atoms. The third-order valence-electron chi connectivity index (χ3n) is 5.26. The van der Waals surface area contributed by atoms with Crippen molar-refractivity contribution in [1.29, 1.82) is 0 Å². The van der Waals surface area contributed by atoms with Gasteiger partial charge in [-0.2, -0.15) is 0 Å². The number of imidazole rings is 1. The van der Waals surface area contributed by atoms with Crippen molar-refractivity contribution in [3.8, 4) is 0 Å². The number of benzene rings is 2. The number of para-hydroxylation sites is 2. The van der Waals surface area contributed by atoms with Crippen LogP contribution in [0, 0.1) is 5.41 Å². The number of carbonyl (C=O) groups is 2. The first-order valence-electron chi connectivity index (χ1n) is 10.8. The van der Waals surface area contributed by atoms with Crippen LogP contribution in [-0.4, -0.2) is 39.9 Å². The quantitative estimate of drug-likeness (QED) is 0.564. The van der Waals surface area contributed by atoms with E-state index in [1.807, 2.05) is 87.0 Å². The zero-order valence-electron chi connectivity index (χ0n) is 18.9. The molecule has 0 atom stereocenters. The SMILES string of the molecule is CN(Cc1ccccc1)C(=O)Cn1c(CCCNC(=O)C(C)(C)C)nc2ccccc21. The van der Waals surface area contributed by atoms with Crippen LogP contribution in [-0.2, 0) is 29.1 Å². The van der Waals surface area contributed by atoms with Crippen LogP contribution in [0.3, 0.4) is 0 Å². The zero-order chi connectivity index (χ0) is 22.4. The highest BCUT2D eigenvalue weighted by atomic mass is 16.2. The van der Waals surface area contributed by atoms with E-state index in [0.29, 0.717) is 19.5 Å². The third-order valence-corrected chi connectivity index (χ3v) is 5.26. The maximum Gasteiger partial charge on any atom is 0.242 e. The summed E-state index contributed by atoms with van der Waals surface area (Å²) in [6.45, 7) is 7.10. The summed E-state index contributed by atoms with van der Waals surface area (Å²) in [6, 6.07) is 17.9. The Morgan fingerprint density at radius 1 is 1.03 bits per heavy atom. The first-order chi connectivity index (χ1) is 14.8. The molecule has 0 saturated heterocycles. The summed E-state index contributed by atoms with van der Waals surface area (Å²) in [5, 5.41) is 2.98. The number of hydrogen-bond donors (Lipinski definition) is 1. The number of aryl methyl sites for hydroxylation is 1. The number of likely N-dealkylation sites (N-methyl/N-ethyl adjacent to an activating group) is 1. The molecule has 3 aromatic rings.